The van der Waals surface area contributed by atoms with Gasteiger partial charge in [0.1, 0.15) is 5.57 Å². The van der Waals surface area contributed by atoms with Crippen molar-refractivity contribution in [1.29, 1.82) is 0 Å². The van der Waals surface area contributed by atoms with Gasteiger partial charge in [0.15, 0.2) is 11.5 Å². The zero-order valence-electron chi connectivity index (χ0n) is 14.0. The summed E-state index contributed by atoms with van der Waals surface area (Å²) in [6.45, 7) is 1.83. The van der Waals surface area contributed by atoms with E-state index in [9.17, 15) is 9.59 Å². The summed E-state index contributed by atoms with van der Waals surface area (Å²) in [5.41, 5.74) is 2.47. The monoisotopic (exact) mass is 343 g/mol. The number of rotatable bonds is 5. The number of aryl methyl sites for hydroxylation is 1. The van der Waals surface area contributed by atoms with Gasteiger partial charge in [0.05, 0.1) is 19.8 Å². The Hall–Kier alpha value is -3.22. The highest BCUT2D eigenvalue weighted by atomic mass is 16.6. The molecule has 7 heteroatoms. The average Bonchev–Trinajstić information content (AvgIpc) is 2.91. The summed E-state index contributed by atoms with van der Waals surface area (Å²) in [7, 11) is 2.96. The number of carboxylic acids is 1. The predicted molar refractivity (Wildman–Crippen MR) is 88.6 cm³/mol. The molecule has 0 saturated carbocycles. The third kappa shape index (κ3) is 2.84. The van der Waals surface area contributed by atoms with E-state index in [1.165, 1.54) is 26.4 Å². The van der Waals surface area contributed by atoms with Crippen LogP contribution in [0.2, 0.25) is 0 Å². The molecule has 0 spiro atoms. The fourth-order valence-electron chi connectivity index (χ4n) is 2.77. The van der Waals surface area contributed by atoms with E-state index in [1.807, 2.05) is 6.92 Å². The highest BCUT2D eigenvalue weighted by Gasteiger charge is 2.37. The molecule has 0 saturated heterocycles. The highest BCUT2D eigenvalue weighted by Crippen LogP contribution is 2.38. The first-order chi connectivity index (χ1) is 12.0. The summed E-state index contributed by atoms with van der Waals surface area (Å²) in [4.78, 5) is 23.4. The molecule has 2 N–H and O–H groups in total. The summed E-state index contributed by atoms with van der Waals surface area (Å²) < 4.78 is 15.9. The summed E-state index contributed by atoms with van der Waals surface area (Å²) in [5, 5.41) is 12.2. The molecule has 2 aliphatic rings. The molecular formula is C18H17NO6. The third-order valence-corrected chi connectivity index (χ3v) is 4.07. The maximum absolute atomic E-state index is 12.3. The van der Waals surface area contributed by atoms with Gasteiger partial charge in [-0.05, 0) is 30.7 Å². The zero-order chi connectivity index (χ0) is 18.1. The first-order valence-corrected chi connectivity index (χ1v) is 7.55. The molecule has 1 aliphatic heterocycles. The van der Waals surface area contributed by atoms with Gasteiger partial charge in [-0.3, -0.25) is 0 Å². The predicted octanol–water partition coefficient (Wildman–Crippen LogP) is 2.71. The molecule has 0 fully saturated rings. The topological polar surface area (TPSA) is 94.1 Å². The molecule has 1 aromatic carbocycles. The molecule has 0 bridgehead atoms. The van der Waals surface area contributed by atoms with Crippen LogP contribution in [-0.2, 0) is 19.0 Å². The van der Waals surface area contributed by atoms with E-state index in [0.29, 0.717) is 34.8 Å². The lowest BCUT2D eigenvalue weighted by molar-refractivity contribution is -0.133. The molecule has 0 atom stereocenters. The first-order valence-electron chi connectivity index (χ1n) is 7.55. The molecule has 1 heterocycles. The van der Waals surface area contributed by atoms with Crippen LogP contribution in [0, 0.1) is 6.92 Å². The Morgan fingerprint density at radius 2 is 2.04 bits per heavy atom. The number of esters is 1. The van der Waals surface area contributed by atoms with Crippen LogP contribution in [0.3, 0.4) is 0 Å². The molecular weight excluding hydrogens is 326 g/mol. The summed E-state index contributed by atoms with van der Waals surface area (Å²) >= 11 is 0. The van der Waals surface area contributed by atoms with E-state index < -0.39 is 11.9 Å². The molecule has 1 aromatic rings. The minimum atomic E-state index is -1.03. The molecule has 0 unspecified atom stereocenters. The van der Waals surface area contributed by atoms with Crippen molar-refractivity contribution in [3.63, 3.8) is 0 Å². The van der Waals surface area contributed by atoms with Crippen molar-refractivity contribution < 1.29 is 28.9 Å². The number of benzene rings is 1. The molecule has 0 aromatic heterocycles. The summed E-state index contributed by atoms with van der Waals surface area (Å²) in [5.74, 6) is -0.502. The van der Waals surface area contributed by atoms with Crippen LogP contribution in [-0.4, -0.2) is 31.3 Å². The van der Waals surface area contributed by atoms with E-state index >= 15 is 0 Å². The Morgan fingerprint density at radius 1 is 1.28 bits per heavy atom. The smallest absolute Gasteiger partial charge is 0.349 e. The van der Waals surface area contributed by atoms with Crippen LogP contribution in [0.1, 0.15) is 22.3 Å². The van der Waals surface area contributed by atoms with E-state index in [1.54, 1.807) is 12.1 Å². The Labute approximate surface area is 144 Å². The van der Waals surface area contributed by atoms with Crippen molar-refractivity contribution in [1.82, 2.24) is 0 Å². The van der Waals surface area contributed by atoms with Crippen LogP contribution in [0.15, 0.2) is 52.8 Å². The van der Waals surface area contributed by atoms with E-state index in [4.69, 9.17) is 19.3 Å². The average molecular weight is 343 g/mol. The van der Waals surface area contributed by atoms with E-state index in [2.05, 4.69) is 5.32 Å². The largest absolute Gasteiger partial charge is 0.493 e. The lowest BCUT2D eigenvalue weighted by Crippen LogP contribution is -2.10. The van der Waals surface area contributed by atoms with Gasteiger partial charge in [-0.15, -0.1) is 0 Å². The van der Waals surface area contributed by atoms with Crippen molar-refractivity contribution in [2.45, 2.75) is 13.3 Å². The van der Waals surface area contributed by atoms with Gasteiger partial charge in [0.2, 0.25) is 5.88 Å². The number of carbonyl (C=O) groups is 2. The van der Waals surface area contributed by atoms with Crippen molar-refractivity contribution in [3.05, 3.63) is 63.9 Å². The number of allylic oxidation sites excluding steroid dienone is 1. The number of fused-ring (bicyclic) bond motifs is 1. The van der Waals surface area contributed by atoms with Gasteiger partial charge in [-0.1, -0.05) is 6.07 Å². The van der Waals surface area contributed by atoms with Gasteiger partial charge in [0.25, 0.3) is 0 Å². The van der Waals surface area contributed by atoms with Crippen LogP contribution in [0.25, 0.3) is 0 Å². The Balaban J connectivity index is 2.02. The van der Waals surface area contributed by atoms with E-state index in [-0.39, 0.29) is 11.4 Å². The maximum Gasteiger partial charge on any atom is 0.349 e. The Kier molecular flexibility index (Phi) is 4.22. The molecule has 0 radical (unpaired) electrons. The van der Waals surface area contributed by atoms with Crippen molar-refractivity contribution >= 4 is 17.6 Å². The van der Waals surface area contributed by atoms with Gasteiger partial charge in [-0.2, -0.15) is 0 Å². The number of hydrogen-bond donors (Lipinski definition) is 2. The number of anilines is 1. The van der Waals surface area contributed by atoms with Crippen LogP contribution >= 0.6 is 0 Å². The highest BCUT2D eigenvalue weighted by molar-refractivity contribution is 5.99. The Bertz CT molecular complexity index is 862. The number of hydrogen-bond acceptors (Lipinski definition) is 6. The van der Waals surface area contributed by atoms with Crippen LogP contribution in [0.4, 0.5) is 5.69 Å². The van der Waals surface area contributed by atoms with Gasteiger partial charge >= 0.3 is 11.9 Å². The van der Waals surface area contributed by atoms with Crippen LogP contribution < -0.4 is 5.32 Å². The van der Waals surface area contributed by atoms with Gasteiger partial charge in [-0.25, -0.2) is 9.59 Å². The lowest BCUT2D eigenvalue weighted by Gasteiger charge is -2.17. The molecule has 0 amide bonds. The second-order valence-corrected chi connectivity index (χ2v) is 5.54. The Morgan fingerprint density at radius 3 is 2.68 bits per heavy atom. The number of cyclic esters (lactones) is 1. The van der Waals surface area contributed by atoms with Gasteiger partial charge in [0, 0.05) is 17.7 Å². The van der Waals surface area contributed by atoms with Crippen LogP contribution in [0.5, 0.6) is 0 Å². The summed E-state index contributed by atoms with van der Waals surface area (Å²) in [6, 6.07) is 4.70. The molecule has 3 rings (SSSR count). The quantitative estimate of drug-likeness (QED) is 0.794. The fourth-order valence-corrected chi connectivity index (χ4v) is 2.77. The van der Waals surface area contributed by atoms with E-state index in [0.717, 1.165) is 5.56 Å². The van der Waals surface area contributed by atoms with Gasteiger partial charge < -0.3 is 24.6 Å². The number of nitrogens with one attached hydrogen (secondary N) is 1. The first kappa shape index (κ1) is 16.6. The molecule has 130 valence electrons. The lowest BCUT2D eigenvalue weighted by atomic mass is 9.97. The number of ether oxygens (including phenoxy) is 3. The summed E-state index contributed by atoms with van der Waals surface area (Å²) in [6.07, 6.45) is 2.22. The fraction of sp³-hybridized carbons (Fsp3) is 0.222. The standard InChI is InChI=1S/C18H17NO6/c1-9-4-5-10(17(20)21)8-12(9)19-16-11-6-7-13(23-2)15(24-3)14(11)18(22)25-16/h4-5,7-8,19H,6H2,1-3H3,(H,20,21). The van der Waals surface area contributed by atoms with Crippen molar-refractivity contribution in [2.24, 2.45) is 0 Å². The maximum atomic E-state index is 12.3. The number of carbonyl (C=O) groups excluding carboxylic acids is 1. The zero-order valence-corrected chi connectivity index (χ0v) is 14.0. The molecule has 25 heavy (non-hydrogen) atoms. The number of methoxy groups -OCH3 is 2. The number of carboxylic acid groups (broad SMARTS) is 1. The van der Waals surface area contributed by atoms with Crippen molar-refractivity contribution in [3.8, 4) is 0 Å². The molecule has 7 nitrogen and oxygen atoms in total. The normalized spacial score (nSPS) is 16.3. The van der Waals surface area contributed by atoms with Crippen molar-refractivity contribution in [2.75, 3.05) is 19.5 Å². The minimum absolute atomic E-state index is 0.140. The minimum Gasteiger partial charge on any atom is -0.493 e. The number of aromatic carboxylic acids is 1. The molecule has 1 aliphatic carbocycles. The second kappa shape index (κ2) is 6.35. The third-order valence-electron chi connectivity index (χ3n) is 4.07. The SMILES string of the molecule is COC1=CCC2=C(Nc3cc(C(=O)O)ccc3C)OC(=O)C2=C1OC. The second-order valence-electron chi connectivity index (χ2n) is 5.54.